The van der Waals surface area contributed by atoms with Gasteiger partial charge >= 0.3 is 5.97 Å². The van der Waals surface area contributed by atoms with Crippen molar-refractivity contribution in [2.24, 2.45) is 11.1 Å². The number of carbonyl (C=O) groups is 1. The molecule has 0 aromatic rings. The van der Waals surface area contributed by atoms with Crippen molar-refractivity contribution >= 4 is 5.97 Å². The number of hydrogen-bond donors (Lipinski definition) is 1. The van der Waals surface area contributed by atoms with Crippen molar-refractivity contribution in [3.8, 4) is 0 Å². The van der Waals surface area contributed by atoms with Gasteiger partial charge in [0.15, 0.2) is 0 Å². The molecule has 0 aromatic carbocycles. The van der Waals surface area contributed by atoms with E-state index in [1.165, 1.54) is 39.2 Å². The number of rotatable bonds is 4. The standard InChI is InChI=1S/C12H23NO2/c1-12(8-4-3-5-9-12)10(13)6-7-11(14)15-2/h10H,3-9,13H2,1-2H3. The second-order valence-corrected chi connectivity index (χ2v) is 4.94. The molecule has 1 aliphatic carbocycles. The van der Waals surface area contributed by atoms with Crippen molar-refractivity contribution < 1.29 is 9.53 Å². The quantitative estimate of drug-likeness (QED) is 0.729. The van der Waals surface area contributed by atoms with Crippen LogP contribution in [0.2, 0.25) is 0 Å². The molecule has 1 aliphatic rings. The van der Waals surface area contributed by atoms with Gasteiger partial charge in [-0.25, -0.2) is 0 Å². The van der Waals surface area contributed by atoms with E-state index in [0.717, 1.165) is 6.42 Å². The predicted octanol–water partition coefficient (Wildman–Crippen LogP) is 2.24. The highest BCUT2D eigenvalue weighted by Crippen LogP contribution is 2.39. The summed E-state index contributed by atoms with van der Waals surface area (Å²) in [5, 5.41) is 0. The van der Waals surface area contributed by atoms with Gasteiger partial charge in [0.1, 0.15) is 0 Å². The summed E-state index contributed by atoms with van der Waals surface area (Å²) in [6, 6.07) is 0.136. The molecule has 1 atom stereocenters. The Kier molecular flexibility index (Phi) is 4.58. The molecular weight excluding hydrogens is 190 g/mol. The smallest absolute Gasteiger partial charge is 0.305 e. The molecule has 0 saturated heterocycles. The molecule has 0 aromatic heterocycles. The summed E-state index contributed by atoms with van der Waals surface area (Å²) in [6.45, 7) is 2.26. The van der Waals surface area contributed by atoms with Crippen LogP contribution in [0.25, 0.3) is 0 Å². The summed E-state index contributed by atoms with van der Waals surface area (Å²) >= 11 is 0. The van der Waals surface area contributed by atoms with Crippen molar-refractivity contribution in [3.05, 3.63) is 0 Å². The van der Waals surface area contributed by atoms with Crippen LogP contribution in [0.5, 0.6) is 0 Å². The topological polar surface area (TPSA) is 52.3 Å². The third-order valence-electron chi connectivity index (χ3n) is 3.78. The van der Waals surface area contributed by atoms with Crippen LogP contribution in [0, 0.1) is 5.41 Å². The monoisotopic (exact) mass is 213 g/mol. The van der Waals surface area contributed by atoms with Gasteiger partial charge in [0.25, 0.3) is 0 Å². The molecule has 1 fully saturated rings. The average molecular weight is 213 g/mol. The lowest BCUT2D eigenvalue weighted by atomic mass is 9.70. The molecule has 0 aliphatic heterocycles. The largest absolute Gasteiger partial charge is 0.469 e. The maximum atomic E-state index is 11.0. The third kappa shape index (κ3) is 3.49. The van der Waals surface area contributed by atoms with Gasteiger partial charge in [-0.3, -0.25) is 4.79 Å². The zero-order valence-corrected chi connectivity index (χ0v) is 9.92. The Bertz CT molecular complexity index is 210. The minimum Gasteiger partial charge on any atom is -0.469 e. The third-order valence-corrected chi connectivity index (χ3v) is 3.78. The van der Waals surface area contributed by atoms with E-state index in [4.69, 9.17) is 5.73 Å². The van der Waals surface area contributed by atoms with E-state index in [1.54, 1.807) is 0 Å². The normalized spacial score (nSPS) is 22.1. The first-order valence-electron chi connectivity index (χ1n) is 5.91. The van der Waals surface area contributed by atoms with Gasteiger partial charge in [-0.2, -0.15) is 0 Å². The van der Waals surface area contributed by atoms with Gasteiger partial charge in [0, 0.05) is 12.5 Å². The minimum atomic E-state index is -0.148. The predicted molar refractivity (Wildman–Crippen MR) is 60.4 cm³/mol. The highest BCUT2D eigenvalue weighted by Gasteiger charge is 2.33. The summed E-state index contributed by atoms with van der Waals surface area (Å²) < 4.78 is 4.63. The Morgan fingerprint density at radius 3 is 2.53 bits per heavy atom. The SMILES string of the molecule is COC(=O)CCC(N)C1(C)CCCCC1. The van der Waals surface area contributed by atoms with Crippen molar-refractivity contribution in [1.82, 2.24) is 0 Å². The molecule has 0 heterocycles. The Hall–Kier alpha value is -0.570. The first-order chi connectivity index (χ1) is 7.08. The van der Waals surface area contributed by atoms with E-state index in [2.05, 4.69) is 11.7 Å². The fourth-order valence-corrected chi connectivity index (χ4v) is 2.45. The van der Waals surface area contributed by atoms with Crippen LogP contribution in [0.1, 0.15) is 51.9 Å². The number of esters is 1. The molecule has 0 spiro atoms. The summed E-state index contributed by atoms with van der Waals surface area (Å²) in [7, 11) is 1.43. The molecule has 15 heavy (non-hydrogen) atoms. The van der Waals surface area contributed by atoms with Crippen LogP contribution in [-0.2, 0) is 9.53 Å². The maximum Gasteiger partial charge on any atom is 0.305 e. The van der Waals surface area contributed by atoms with E-state index in [-0.39, 0.29) is 17.4 Å². The van der Waals surface area contributed by atoms with E-state index in [9.17, 15) is 4.79 Å². The summed E-state index contributed by atoms with van der Waals surface area (Å²) in [6.07, 6.45) is 7.51. The van der Waals surface area contributed by atoms with Crippen molar-refractivity contribution in [2.45, 2.75) is 57.9 Å². The van der Waals surface area contributed by atoms with Crippen molar-refractivity contribution in [3.63, 3.8) is 0 Å². The number of nitrogens with two attached hydrogens (primary N) is 1. The Labute approximate surface area is 92.4 Å². The molecule has 0 bridgehead atoms. The van der Waals surface area contributed by atoms with Crippen LogP contribution in [0.15, 0.2) is 0 Å². The number of ether oxygens (including phenoxy) is 1. The van der Waals surface area contributed by atoms with Gasteiger partial charge in [-0.1, -0.05) is 26.2 Å². The summed E-state index contributed by atoms with van der Waals surface area (Å²) in [5.41, 5.74) is 6.42. The van der Waals surface area contributed by atoms with Gasteiger partial charge in [-0.05, 0) is 24.7 Å². The summed E-state index contributed by atoms with van der Waals surface area (Å²) in [5.74, 6) is -0.148. The van der Waals surface area contributed by atoms with Crippen LogP contribution < -0.4 is 5.73 Å². The maximum absolute atomic E-state index is 11.0. The number of methoxy groups -OCH3 is 1. The summed E-state index contributed by atoms with van der Waals surface area (Å²) in [4.78, 5) is 11.0. The molecule has 0 amide bonds. The first kappa shape index (κ1) is 12.5. The lowest BCUT2D eigenvalue weighted by molar-refractivity contribution is -0.140. The van der Waals surface area contributed by atoms with Crippen molar-refractivity contribution in [2.75, 3.05) is 7.11 Å². The fraction of sp³-hybridized carbons (Fsp3) is 0.917. The van der Waals surface area contributed by atoms with Crippen LogP contribution >= 0.6 is 0 Å². The van der Waals surface area contributed by atoms with Crippen molar-refractivity contribution in [1.29, 1.82) is 0 Å². The van der Waals surface area contributed by atoms with Gasteiger partial charge in [-0.15, -0.1) is 0 Å². The molecule has 88 valence electrons. The zero-order valence-electron chi connectivity index (χ0n) is 9.92. The van der Waals surface area contributed by atoms with Crippen LogP contribution in [0.3, 0.4) is 0 Å². The highest BCUT2D eigenvalue weighted by molar-refractivity contribution is 5.69. The molecular formula is C12H23NO2. The van der Waals surface area contributed by atoms with Gasteiger partial charge < -0.3 is 10.5 Å². The second-order valence-electron chi connectivity index (χ2n) is 4.94. The number of hydrogen-bond acceptors (Lipinski definition) is 3. The van der Waals surface area contributed by atoms with Gasteiger partial charge in [0.2, 0.25) is 0 Å². The lowest BCUT2D eigenvalue weighted by Gasteiger charge is -2.38. The van der Waals surface area contributed by atoms with Crippen LogP contribution in [-0.4, -0.2) is 19.1 Å². The van der Waals surface area contributed by atoms with Crippen LogP contribution in [0.4, 0.5) is 0 Å². The van der Waals surface area contributed by atoms with E-state index < -0.39 is 0 Å². The van der Waals surface area contributed by atoms with E-state index >= 15 is 0 Å². The second kappa shape index (κ2) is 5.50. The average Bonchev–Trinajstić information content (AvgIpc) is 2.26. The molecule has 3 heteroatoms. The molecule has 0 radical (unpaired) electrons. The number of carbonyl (C=O) groups excluding carboxylic acids is 1. The van der Waals surface area contributed by atoms with Gasteiger partial charge in [0.05, 0.1) is 7.11 Å². The Balaban J connectivity index is 2.37. The van der Waals surface area contributed by atoms with E-state index in [1.807, 2.05) is 0 Å². The van der Waals surface area contributed by atoms with E-state index in [0.29, 0.717) is 6.42 Å². The molecule has 1 unspecified atom stereocenters. The zero-order chi connectivity index (χ0) is 11.3. The highest BCUT2D eigenvalue weighted by atomic mass is 16.5. The molecule has 1 saturated carbocycles. The Morgan fingerprint density at radius 1 is 1.40 bits per heavy atom. The minimum absolute atomic E-state index is 0.136. The molecule has 2 N–H and O–H groups in total. The first-order valence-corrected chi connectivity index (χ1v) is 5.91. The fourth-order valence-electron chi connectivity index (χ4n) is 2.45. The molecule has 3 nitrogen and oxygen atoms in total. The Morgan fingerprint density at radius 2 is 2.00 bits per heavy atom. The molecule has 1 rings (SSSR count). The lowest BCUT2D eigenvalue weighted by Crippen LogP contribution is -2.41.